The number of nitrogens with one attached hydrogen (secondary N) is 1. The third-order valence-corrected chi connectivity index (χ3v) is 6.63. The van der Waals surface area contributed by atoms with E-state index in [4.69, 9.17) is 5.11 Å². The summed E-state index contributed by atoms with van der Waals surface area (Å²) < 4.78 is 40.4. The molecular weight excluding hydrogens is 453 g/mol. The highest BCUT2D eigenvalue weighted by atomic mass is 79.9. The molecule has 0 atom stereocenters. The number of carboxylic acid groups (broad SMARTS) is 1. The Kier molecular flexibility index (Phi) is 4.71. The number of aromatic carboxylic acids is 1. The maximum absolute atomic E-state index is 13.2. The van der Waals surface area contributed by atoms with Crippen LogP contribution in [0.4, 0.5) is 10.1 Å². The Hall–Kier alpha value is -0.970. The van der Waals surface area contributed by atoms with Gasteiger partial charge in [-0.3, -0.25) is 4.72 Å². The van der Waals surface area contributed by atoms with Crippen molar-refractivity contribution >= 4 is 64.9 Å². The summed E-state index contributed by atoms with van der Waals surface area (Å²) in [7, 11) is -4.04. The van der Waals surface area contributed by atoms with Gasteiger partial charge in [0.1, 0.15) is 15.6 Å². The fraction of sp³-hybridized carbons (Fsp3) is 0. The summed E-state index contributed by atoms with van der Waals surface area (Å²) in [6.07, 6.45) is 0. The second-order valence-corrected chi connectivity index (χ2v) is 8.66. The molecule has 0 radical (unpaired) electrons. The summed E-state index contributed by atoms with van der Waals surface area (Å²) in [6, 6.07) is 4.58. The van der Waals surface area contributed by atoms with E-state index < -0.39 is 21.8 Å². The zero-order chi connectivity index (χ0) is 15.8. The molecule has 10 heteroatoms. The van der Waals surface area contributed by atoms with Gasteiger partial charge in [0, 0.05) is 4.47 Å². The molecule has 0 saturated heterocycles. The minimum Gasteiger partial charge on any atom is -0.477 e. The average Bonchev–Trinajstić information content (AvgIpc) is 2.77. The minimum atomic E-state index is -4.04. The number of rotatable bonds is 4. The first kappa shape index (κ1) is 16.4. The van der Waals surface area contributed by atoms with Crippen LogP contribution in [0.25, 0.3) is 0 Å². The molecule has 0 aliphatic carbocycles. The number of carboxylic acids is 1. The molecular formula is C11H6Br2FNO4S2. The SMILES string of the molecule is O=C(O)c1cc(S(=O)(=O)Nc2cc(F)ccc2Br)c(Br)s1. The van der Waals surface area contributed by atoms with E-state index in [1.807, 2.05) is 0 Å². The first-order chi connectivity index (χ1) is 9.70. The molecule has 0 unspecified atom stereocenters. The van der Waals surface area contributed by atoms with Crippen LogP contribution in [0.5, 0.6) is 0 Å². The third kappa shape index (κ3) is 3.62. The summed E-state index contributed by atoms with van der Waals surface area (Å²) in [5, 5.41) is 8.88. The van der Waals surface area contributed by atoms with Gasteiger partial charge in [0.2, 0.25) is 0 Å². The van der Waals surface area contributed by atoms with Gasteiger partial charge < -0.3 is 5.11 Å². The zero-order valence-electron chi connectivity index (χ0n) is 9.93. The van der Waals surface area contributed by atoms with Gasteiger partial charge in [0.05, 0.1) is 9.47 Å². The summed E-state index contributed by atoms with van der Waals surface area (Å²) in [5.74, 6) is -1.83. The van der Waals surface area contributed by atoms with E-state index in [2.05, 4.69) is 36.6 Å². The monoisotopic (exact) mass is 457 g/mol. The lowest BCUT2D eigenvalue weighted by molar-refractivity contribution is 0.0702. The third-order valence-electron chi connectivity index (χ3n) is 2.33. The number of sulfonamides is 1. The molecule has 0 bridgehead atoms. The quantitative estimate of drug-likeness (QED) is 0.727. The molecule has 1 heterocycles. The number of hydrogen-bond acceptors (Lipinski definition) is 4. The molecule has 0 fully saturated rings. The Morgan fingerprint density at radius 3 is 2.52 bits per heavy atom. The Morgan fingerprint density at radius 1 is 1.29 bits per heavy atom. The highest BCUT2D eigenvalue weighted by Crippen LogP contribution is 2.34. The second kappa shape index (κ2) is 6.03. The molecule has 0 saturated carbocycles. The van der Waals surface area contributed by atoms with E-state index in [-0.39, 0.29) is 19.2 Å². The van der Waals surface area contributed by atoms with Crippen molar-refractivity contribution in [3.8, 4) is 0 Å². The van der Waals surface area contributed by atoms with Crippen molar-refractivity contribution in [3.05, 3.63) is 43.2 Å². The van der Waals surface area contributed by atoms with E-state index in [1.165, 1.54) is 12.1 Å². The molecule has 21 heavy (non-hydrogen) atoms. The van der Waals surface area contributed by atoms with E-state index in [9.17, 15) is 17.6 Å². The fourth-order valence-corrected chi connectivity index (χ4v) is 5.37. The Balaban J connectivity index is 2.43. The lowest BCUT2D eigenvalue weighted by Crippen LogP contribution is -2.13. The van der Waals surface area contributed by atoms with Crippen LogP contribution in [-0.2, 0) is 10.0 Å². The lowest BCUT2D eigenvalue weighted by atomic mass is 10.3. The van der Waals surface area contributed by atoms with Gasteiger partial charge in [-0.05, 0) is 56.1 Å². The van der Waals surface area contributed by atoms with Crippen LogP contribution in [0, 0.1) is 5.82 Å². The molecule has 1 aromatic carbocycles. The molecule has 2 rings (SSSR count). The predicted molar refractivity (Wildman–Crippen MR) is 83.9 cm³/mol. The minimum absolute atomic E-state index is 0.0185. The number of carbonyl (C=O) groups is 1. The lowest BCUT2D eigenvalue weighted by Gasteiger charge is -2.09. The van der Waals surface area contributed by atoms with Crippen molar-refractivity contribution in [2.75, 3.05) is 4.72 Å². The molecule has 0 aliphatic heterocycles. The van der Waals surface area contributed by atoms with Crippen molar-refractivity contribution in [3.63, 3.8) is 0 Å². The summed E-state index contributed by atoms with van der Waals surface area (Å²) >= 11 is 6.90. The van der Waals surface area contributed by atoms with Crippen molar-refractivity contribution in [1.82, 2.24) is 0 Å². The molecule has 0 spiro atoms. The van der Waals surface area contributed by atoms with Gasteiger partial charge in [0.25, 0.3) is 10.0 Å². The summed E-state index contributed by atoms with van der Waals surface area (Å²) in [4.78, 5) is 10.5. The van der Waals surface area contributed by atoms with Crippen molar-refractivity contribution in [2.24, 2.45) is 0 Å². The first-order valence-electron chi connectivity index (χ1n) is 5.21. The van der Waals surface area contributed by atoms with Gasteiger partial charge in [0.15, 0.2) is 0 Å². The van der Waals surface area contributed by atoms with Gasteiger partial charge in [-0.25, -0.2) is 17.6 Å². The van der Waals surface area contributed by atoms with Crippen molar-refractivity contribution in [1.29, 1.82) is 0 Å². The van der Waals surface area contributed by atoms with Gasteiger partial charge in [-0.2, -0.15) is 0 Å². The van der Waals surface area contributed by atoms with Gasteiger partial charge in [-0.15, -0.1) is 11.3 Å². The number of hydrogen-bond donors (Lipinski definition) is 2. The van der Waals surface area contributed by atoms with Crippen LogP contribution in [-0.4, -0.2) is 19.5 Å². The van der Waals surface area contributed by atoms with Crippen LogP contribution in [0.15, 0.2) is 37.4 Å². The van der Waals surface area contributed by atoms with Crippen LogP contribution >= 0.6 is 43.2 Å². The Labute approximate surface area is 140 Å². The molecule has 5 nitrogen and oxygen atoms in total. The molecule has 0 aliphatic rings. The standard InChI is InChI=1S/C11H6Br2FNO4S2/c12-6-2-1-5(14)3-7(6)15-21(18,19)9-4-8(11(16)17)20-10(9)13/h1-4,15H,(H,16,17). The average molecular weight is 459 g/mol. The molecule has 112 valence electrons. The van der Waals surface area contributed by atoms with Crippen LogP contribution in [0.3, 0.4) is 0 Å². The second-order valence-electron chi connectivity index (χ2n) is 3.78. The van der Waals surface area contributed by atoms with Crippen molar-refractivity contribution in [2.45, 2.75) is 4.90 Å². The van der Waals surface area contributed by atoms with E-state index in [0.717, 1.165) is 23.5 Å². The maximum atomic E-state index is 13.2. The van der Waals surface area contributed by atoms with Crippen LogP contribution < -0.4 is 4.72 Å². The highest BCUT2D eigenvalue weighted by molar-refractivity contribution is 9.11. The first-order valence-corrected chi connectivity index (χ1v) is 9.10. The fourth-order valence-electron chi connectivity index (χ4n) is 1.42. The van der Waals surface area contributed by atoms with Crippen LogP contribution in [0.1, 0.15) is 9.67 Å². The highest BCUT2D eigenvalue weighted by Gasteiger charge is 2.24. The Morgan fingerprint density at radius 2 is 1.95 bits per heavy atom. The molecule has 2 N–H and O–H groups in total. The molecule has 1 aromatic heterocycles. The largest absolute Gasteiger partial charge is 0.477 e. The zero-order valence-corrected chi connectivity index (χ0v) is 14.7. The Bertz CT molecular complexity index is 820. The van der Waals surface area contributed by atoms with Crippen LogP contribution in [0.2, 0.25) is 0 Å². The number of thiophene rings is 1. The van der Waals surface area contributed by atoms with Gasteiger partial charge in [-0.1, -0.05) is 0 Å². The normalized spacial score (nSPS) is 11.4. The van der Waals surface area contributed by atoms with E-state index in [1.54, 1.807) is 0 Å². The predicted octanol–water partition coefficient (Wildman–Crippen LogP) is 3.91. The number of halogens is 3. The smallest absolute Gasteiger partial charge is 0.345 e. The van der Waals surface area contributed by atoms with Crippen molar-refractivity contribution < 1.29 is 22.7 Å². The molecule has 2 aromatic rings. The van der Waals surface area contributed by atoms with E-state index in [0.29, 0.717) is 4.47 Å². The van der Waals surface area contributed by atoms with Gasteiger partial charge >= 0.3 is 5.97 Å². The molecule has 0 amide bonds. The number of anilines is 1. The summed E-state index contributed by atoms with van der Waals surface area (Å²) in [6.45, 7) is 0. The van der Waals surface area contributed by atoms with E-state index >= 15 is 0 Å². The summed E-state index contributed by atoms with van der Waals surface area (Å²) in [5.41, 5.74) is 0.0185. The maximum Gasteiger partial charge on any atom is 0.345 e. The topological polar surface area (TPSA) is 83.5 Å². The number of benzene rings is 1.